The number of hydrogen-bond donors (Lipinski definition) is 2. The van der Waals surface area contributed by atoms with Gasteiger partial charge >= 0.3 is 0 Å². The first kappa shape index (κ1) is 14.3. The second-order valence-electron chi connectivity index (χ2n) is 4.42. The number of aromatic nitrogens is 1. The third-order valence-corrected chi connectivity index (χ3v) is 3.29. The molecule has 3 N–H and O–H groups in total. The molecule has 0 bridgehead atoms. The second kappa shape index (κ2) is 6.34. The lowest BCUT2D eigenvalue weighted by molar-refractivity contribution is 0.414. The first-order valence-corrected chi connectivity index (χ1v) is 6.67. The predicted molar refractivity (Wildman–Crippen MR) is 85.2 cm³/mol. The monoisotopic (exact) mass is 287 g/mol. The Labute approximate surface area is 124 Å². The summed E-state index contributed by atoms with van der Waals surface area (Å²) in [6.07, 6.45) is 3.41. The smallest absolute Gasteiger partial charge is 0.118 e. The molecule has 0 saturated carbocycles. The summed E-state index contributed by atoms with van der Waals surface area (Å²) in [6, 6.07) is 9.83. The van der Waals surface area contributed by atoms with Gasteiger partial charge in [0.15, 0.2) is 0 Å². The van der Waals surface area contributed by atoms with Gasteiger partial charge in [-0.15, -0.1) is 0 Å². The van der Waals surface area contributed by atoms with Gasteiger partial charge in [0.25, 0.3) is 0 Å². The Kier molecular flexibility index (Phi) is 4.53. The molecule has 0 saturated heterocycles. The van der Waals surface area contributed by atoms with Crippen LogP contribution in [0.15, 0.2) is 42.7 Å². The maximum atomic E-state index is 5.71. The molecule has 0 aliphatic carbocycles. The van der Waals surface area contributed by atoms with E-state index in [1.165, 1.54) is 0 Å². The molecule has 0 aliphatic rings. The summed E-state index contributed by atoms with van der Waals surface area (Å²) < 4.78 is 5.15. The lowest BCUT2D eigenvalue weighted by Crippen LogP contribution is -2.15. The maximum absolute atomic E-state index is 5.71. The Balaban J connectivity index is 2.18. The van der Waals surface area contributed by atoms with Crippen molar-refractivity contribution in [2.24, 2.45) is 5.73 Å². The van der Waals surface area contributed by atoms with Crippen LogP contribution in [0.4, 0.5) is 5.69 Å². The van der Waals surface area contributed by atoms with E-state index in [0.717, 1.165) is 22.6 Å². The molecule has 2 rings (SSSR count). The van der Waals surface area contributed by atoms with E-state index in [1.807, 2.05) is 30.3 Å². The molecule has 104 valence electrons. The number of thiocarbonyl (C=S) groups is 1. The molecule has 5 heteroatoms. The summed E-state index contributed by atoms with van der Waals surface area (Å²) in [5.74, 6) is 0.839. The molecule has 1 unspecified atom stereocenters. The van der Waals surface area contributed by atoms with Crippen molar-refractivity contribution >= 4 is 22.9 Å². The fraction of sp³-hybridized carbons (Fsp3) is 0.200. The minimum absolute atomic E-state index is 0.109. The van der Waals surface area contributed by atoms with Crippen LogP contribution in [0.5, 0.6) is 5.75 Å². The van der Waals surface area contributed by atoms with Gasteiger partial charge in [-0.25, -0.2) is 0 Å². The normalized spacial score (nSPS) is 11.7. The maximum Gasteiger partial charge on any atom is 0.118 e. The van der Waals surface area contributed by atoms with E-state index < -0.39 is 0 Å². The number of pyridine rings is 1. The molecule has 1 atom stereocenters. The third-order valence-electron chi connectivity index (χ3n) is 3.07. The number of benzene rings is 1. The predicted octanol–water partition coefficient (Wildman–Crippen LogP) is 2.90. The van der Waals surface area contributed by atoms with Crippen LogP contribution in [0.3, 0.4) is 0 Å². The number of nitrogens with zero attached hydrogens (tertiary/aromatic N) is 1. The summed E-state index contributed by atoms with van der Waals surface area (Å²) in [4.78, 5) is 4.46. The summed E-state index contributed by atoms with van der Waals surface area (Å²) in [5, 5.41) is 3.37. The fourth-order valence-electron chi connectivity index (χ4n) is 1.93. The van der Waals surface area contributed by atoms with Crippen molar-refractivity contribution in [3.63, 3.8) is 0 Å². The van der Waals surface area contributed by atoms with E-state index in [1.54, 1.807) is 19.5 Å². The SMILES string of the molecule is COc1ccc(C(C)Nc2cnccc2C(N)=S)cc1. The van der Waals surface area contributed by atoms with Crippen LogP contribution in [0, 0.1) is 0 Å². The number of rotatable bonds is 5. The molecule has 1 heterocycles. The van der Waals surface area contributed by atoms with E-state index in [2.05, 4.69) is 17.2 Å². The molecule has 2 aromatic rings. The molecule has 0 radical (unpaired) electrons. The quantitative estimate of drug-likeness (QED) is 0.828. The van der Waals surface area contributed by atoms with Gasteiger partial charge in [0.05, 0.1) is 19.0 Å². The standard InChI is InChI=1S/C15H17N3OS/c1-10(11-3-5-12(19-2)6-4-11)18-14-9-17-8-7-13(14)15(16)20/h3-10,18H,1-2H3,(H2,16,20). The van der Waals surface area contributed by atoms with Crippen molar-refractivity contribution in [3.05, 3.63) is 53.9 Å². The Bertz CT molecular complexity index is 598. The molecule has 0 aliphatic heterocycles. The van der Waals surface area contributed by atoms with Gasteiger partial charge in [0, 0.05) is 17.8 Å². The van der Waals surface area contributed by atoms with E-state index in [9.17, 15) is 0 Å². The Hall–Kier alpha value is -2.14. The zero-order chi connectivity index (χ0) is 14.5. The van der Waals surface area contributed by atoms with Crippen LogP contribution < -0.4 is 15.8 Å². The van der Waals surface area contributed by atoms with Crippen molar-refractivity contribution < 1.29 is 4.74 Å². The number of ether oxygens (including phenoxy) is 1. The Morgan fingerprint density at radius 1 is 1.30 bits per heavy atom. The average Bonchev–Trinajstić information content (AvgIpc) is 2.47. The highest BCUT2D eigenvalue weighted by Crippen LogP contribution is 2.23. The average molecular weight is 287 g/mol. The van der Waals surface area contributed by atoms with Gasteiger partial charge in [-0.3, -0.25) is 4.98 Å². The van der Waals surface area contributed by atoms with E-state index >= 15 is 0 Å². The molecular formula is C15H17N3OS. The number of nitrogens with one attached hydrogen (secondary N) is 1. The van der Waals surface area contributed by atoms with Crippen LogP contribution >= 0.6 is 12.2 Å². The summed E-state index contributed by atoms with van der Waals surface area (Å²) >= 11 is 5.05. The third kappa shape index (κ3) is 3.24. The van der Waals surface area contributed by atoms with Crippen LogP contribution in [0.25, 0.3) is 0 Å². The number of nitrogens with two attached hydrogens (primary N) is 1. The largest absolute Gasteiger partial charge is 0.497 e. The van der Waals surface area contributed by atoms with E-state index in [-0.39, 0.29) is 6.04 Å². The highest BCUT2D eigenvalue weighted by molar-refractivity contribution is 7.80. The highest BCUT2D eigenvalue weighted by Gasteiger charge is 2.10. The molecule has 4 nitrogen and oxygen atoms in total. The molecule has 0 spiro atoms. The van der Waals surface area contributed by atoms with Gasteiger partial charge in [0.1, 0.15) is 10.7 Å². The van der Waals surface area contributed by atoms with E-state index in [4.69, 9.17) is 22.7 Å². The Morgan fingerprint density at radius 3 is 2.60 bits per heavy atom. The van der Waals surface area contributed by atoms with Gasteiger partial charge in [-0.1, -0.05) is 24.4 Å². The summed E-state index contributed by atoms with van der Waals surface area (Å²) in [6.45, 7) is 2.07. The number of methoxy groups -OCH3 is 1. The Morgan fingerprint density at radius 2 is 2.00 bits per heavy atom. The van der Waals surface area contributed by atoms with Crippen LogP contribution in [0.2, 0.25) is 0 Å². The molecular weight excluding hydrogens is 270 g/mol. The van der Waals surface area contributed by atoms with Crippen molar-refractivity contribution in [3.8, 4) is 5.75 Å². The first-order valence-electron chi connectivity index (χ1n) is 6.26. The second-order valence-corrected chi connectivity index (χ2v) is 4.86. The minimum atomic E-state index is 0.109. The minimum Gasteiger partial charge on any atom is -0.497 e. The lowest BCUT2D eigenvalue weighted by atomic mass is 10.1. The molecule has 1 aromatic heterocycles. The van der Waals surface area contributed by atoms with Crippen molar-refractivity contribution in [2.75, 3.05) is 12.4 Å². The van der Waals surface area contributed by atoms with Crippen molar-refractivity contribution in [1.82, 2.24) is 4.98 Å². The molecule has 20 heavy (non-hydrogen) atoms. The van der Waals surface area contributed by atoms with Gasteiger partial charge in [0.2, 0.25) is 0 Å². The highest BCUT2D eigenvalue weighted by atomic mass is 32.1. The molecule has 1 aromatic carbocycles. The van der Waals surface area contributed by atoms with Gasteiger partial charge in [-0.05, 0) is 30.7 Å². The van der Waals surface area contributed by atoms with Crippen LogP contribution in [-0.2, 0) is 0 Å². The first-order chi connectivity index (χ1) is 9.61. The number of anilines is 1. The topological polar surface area (TPSA) is 60.2 Å². The zero-order valence-electron chi connectivity index (χ0n) is 11.5. The summed E-state index contributed by atoms with van der Waals surface area (Å²) in [7, 11) is 1.65. The zero-order valence-corrected chi connectivity index (χ0v) is 12.3. The summed E-state index contributed by atoms with van der Waals surface area (Å²) in [5.41, 5.74) is 8.49. The van der Waals surface area contributed by atoms with Crippen LogP contribution in [-0.4, -0.2) is 17.1 Å². The fourth-order valence-corrected chi connectivity index (χ4v) is 2.11. The van der Waals surface area contributed by atoms with Crippen molar-refractivity contribution in [1.29, 1.82) is 0 Å². The molecule has 0 fully saturated rings. The molecule has 0 amide bonds. The van der Waals surface area contributed by atoms with Gasteiger partial charge in [-0.2, -0.15) is 0 Å². The van der Waals surface area contributed by atoms with E-state index in [0.29, 0.717) is 4.99 Å². The van der Waals surface area contributed by atoms with Crippen molar-refractivity contribution in [2.45, 2.75) is 13.0 Å². The van der Waals surface area contributed by atoms with Crippen LogP contribution in [0.1, 0.15) is 24.1 Å². The number of hydrogen-bond acceptors (Lipinski definition) is 4. The van der Waals surface area contributed by atoms with Gasteiger partial charge < -0.3 is 15.8 Å². The lowest BCUT2D eigenvalue weighted by Gasteiger charge is -2.18.